The van der Waals surface area contributed by atoms with Gasteiger partial charge >= 0.3 is 57.6 Å². The molecule has 0 aliphatic rings. The Morgan fingerprint density at radius 3 is 1.44 bits per heavy atom. The van der Waals surface area contributed by atoms with Crippen LogP contribution in [0.4, 0.5) is 26.3 Å². The third-order valence-corrected chi connectivity index (χ3v) is 2.35. The second-order valence-electron chi connectivity index (χ2n) is 2.17. The molecule has 1 atom stereocenters. The second kappa shape index (κ2) is 9.86. The fourth-order valence-electron chi connectivity index (χ4n) is 0.247. The molecule has 3 N–H and O–H groups in total. The number of nitrogens with two attached hydrogens (primary N) is 1. The van der Waals surface area contributed by atoms with E-state index in [0.29, 0.717) is 0 Å². The van der Waals surface area contributed by atoms with Gasteiger partial charge in [-0.1, -0.05) is 4.13 Å². The predicted molar refractivity (Wildman–Crippen MR) is 50.7 cm³/mol. The Labute approximate surface area is 142 Å². The molecule has 0 saturated carbocycles. The zero-order valence-corrected chi connectivity index (χ0v) is 9.20. The molecule has 108 valence electrons. The monoisotopic (exact) mass is 352 g/mol. The molecule has 0 bridgehead atoms. The van der Waals surface area contributed by atoms with Crippen molar-refractivity contribution >= 4 is 72.5 Å². The summed E-state index contributed by atoms with van der Waals surface area (Å²) in [5.41, 5.74) is 0. The van der Waals surface area contributed by atoms with E-state index in [-0.39, 0.29) is 51.4 Å². The quantitative estimate of drug-likeness (QED) is 0.337. The average Bonchev–Trinajstić information content (AvgIpc) is 1.96. The van der Waals surface area contributed by atoms with Gasteiger partial charge in [-0.15, -0.1) is 0 Å². The van der Waals surface area contributed by atoms with Crippen molar-refractivity contribution in [2.24, 2.45) is 5.14 Å². The molecule has 6 nitrogen and oxygen atoms in total. The Kier molecular flexibility index (Phi) is 13.2. The van der Waals surface area contributed by atoms with Crippen LogP contribution in [0.3, 0.4) is 0 Å². The van der Waals surface area contributed by atoms with Crippen LogP contribution in [0, 0.1) is 0 Å². The molecule has 0 aliphatic carbocycles. The van der Waals surface area contributed by atoms with E-state index in [9.17, 15) is 43.2 Å². The van der Waals surface area contributed by atoms with Crippen molar-refractivity contribution in [3.05, 3.63) is 0 Å². The van der Waals surface area contributed by atoms with Gasteiger partial charge in [-0.05, 0) is 0 Å². The predicted octanol–water partition coefficient (Wildman–Crippen LogP) is -1.19. The molecule has 0 fully saturated rings. The number of thiol groups is 1. The van der Waals surface area contributed by atoms with Gasteiger partial charge < -0.3 is 0 Å². The van der Waals surface area contributed by atoms with Crippen LogP contribution < -0.4 is 9.27 Å². The summed E-state index contributed by atoms with van der Waals surface area (Å²) in [6, 6.07) is 0. The summed E-state index contributed by atoms with van der Waals surface area (Å²) in [5, 5.41) is 4.21. The van der Waals surface area contributed by atoms with E-state index in [2.05, 4.69) is 5.14 Å². The third kappa shape index (κ3) is 17.0. The third-order valence-electron chi connectivity index (χ3n) is 0.736. The van der Waals surface area contributed by atoms with Gasteiger partial charge in [0.05, 0.1) is 0 Å². The summed E-state index contributed by atoms with van der Waals surface area (Å²) in [6.45, 7) is 0. The van der Waals surface area contributed by atoms with Crippen LogP contribution in [0.2, 0.25) is 0 Å². The molecule has 0 saturated heterocycles. The van der Waals surface area contributed by atoms with Crippen LogP contribution in [0.25, 0.3) is 0 Å². The van der Waals surface area contributed by atoms with Crippen molar-refractivity contribution in [3.63, 3.8) is 0 Å². The molecule has 0 aliphatic heterocycles. The van der Waals surface area contributed by atoms with Gasteiger partial charge in [0.15, 0.2) is 0 Å². The fraction of sp³-hybridized carbons (Fsp3) is 1.00. The molecule has 0 spiro atoms. The molecule has 0 rings (SSSR count). The maximum absolute atomic E-state index is 11.2. The number of hydrogen-bond donors (Lipinski definition) is 3. The van der Waals surface area contributed by atoms with Gasteiger partial charge in [0.1, 0.15) is 0 Å². The van der Waals surface area contributed by atoms with E-state index >= 15 is 0 Å². The van der Waals surface area contributed by atoms with Crippen LogP contribution in [0.5, 0.6) is 0 Å². The van der Waals surface area contributed by atoms with E-state index in [1.165, 1.54) is 0 Å². The Balaban J connectivity index is -0.000000238. The standard InChI is InChI=1S/C3H2F6.K.H4N2O4S2.H/c4-1(2(5)6)3(7,8)9;;1-8(5,6)2-7(3)4;/h1-2H;;7H,(H2,1,5,6)(H,2,3,4);. The van der Waals surface area contributed by atoms with Crippen LogP contribution in [-0.2, 0) is 21.1 Å². The minimum atomic E-state index is -5.44. The number of nitrogens with one attached hydrogen (secondary N) is 1. The van der Waals surface area contributed by atoms with Crippen molar-refractivity contribution in [1.82, 2.24) is 4.13 Å². The Hall–Kier alpha value is 1.04. The van der Waals surface area contributed by atoms with E-state index in [4.69, 9.17) is 0 Å². The molecule has 0 aromatic carbocycles. The van der Waals surface area contributed by atoms with Crippen LogP contribution in [0.15, 0.2) is 0 Å². The topological polar surface area (TPSA) is 106 Å². The van der Waals surface area contributed by atoms with Crippen molar-refractivity contribution < 1.29 is 43.2 Å². The minimum absolute atomic E-state index is 0. The fourth-order valence-corrected chi connectivity index (χ4v) is 1.08. The Morgan fingerprint density at radius 2 is 1.44 bits per heavy atom. The van der Waals surface area contributed by atoms with E-state index in [1.54, 1.807) is 0 Å². The molecular formula is C3H7F6KN2O4S2. The molecule has 0 amide bonds. The second-order valence-corrected chi connectivity index (χ2v) is 4.51. The van der Waals surface area contributed by atoms with E-state index in [1.807, 2.05) is 0 Å². The molecule has 15 heteroatoms. The van der Waals surface area contributed by atoms with Crippen molar-refractivity contribution in [2.45, 2.75) is 18.8 Å². The van der Waals surface area contributed by atoms with Gasteiger partial charge in [-0.25, -0.2) is 26.7 Å². The van der Waals surface area contributed by atoms with Gasteiger partial charge in [-0.3, -0.25) is 0 Å². The molecule has 0 radical (unpaired) electrons. The number of alkyl halides is 6. The molecule has 0 heterocycles. The zero-order chi connectivity index (χ0) is 14.4. The Morgan fingerprint density at radius 1 is 1.11 bits per heavy atom. The first-order valence-electron chi connectivity index (χ1n) is 3.21. The van der Waals surface area contributed by atoms with Crippen molar-refractivity contribution in [3.8, 4) is 0 Å². The first-order chi connectivity index (χ1) is 7.27. The van der Waals surface area contributed by atoms with Gasteiger partial charge in [0, 0.05) is 0 Å². The zero-order valence-electron chi connectivity index (χ0n) is 7.49. The maximum atomic E-state index is 11.2. The molecule has 0 aromatic rings. The van der Waals surface area contributed by atoms with E-state index in [0.717, 1.165) is 4.13 Å². The number of rotatable bonds is 3. The summed E-state index contributed by atoms with van der Waals surface area (Å²) in [6.07, 6.45) is -13.4. The molecule has 0 aromatic heterocycles. The summed E-state index contributed by atoms with van der Waals surface area (Å²) >= 11 is 0. The van der Waals surface area contributed by atoms with Crippen molar-refractivity contribution in [2.75, 3.05) is 0 Å². The van der Waals surface area contributed by atoms with Gasteiger partial charge in [0.2, 0.25) is 10.9 Å². The summed E-state index contributed by atoms with van der Waals surface area (Å²) in [4.78, 5) is 0. The first-order valence-corrected chi connectivity index (χ1v) is 5.93. The normalized spacial score (nSPS) is 13.6. The van der Waals surface area contributed by atoms with E-state index < -0.39 is 39.9 Å². The molecular weight excluding hydrogens is 345 g/mol. The molecule has 1 unspecified atom stereocenters. The Bertz CT molecular complexity index is 386. The summed E-state index contributed by atoms with van der Waals surface area (Å²) in [7, 11) is -7.22. The summed E-state index contributed by atoms with van der Waals surface area (Å²) < 4.78 is 105. The van der Waals surface area contributed by atoms with Crippen LogP contribution >= 0.6 is 0 Å². The van der Waals surface area contributed by atoms with Crippen LogP contribution in [0.1, 0.15) is 0 Å². The van der Waals surface area contributed by atoms with Gasteiger partial charge in [0.25, 0.3) is 22.8 Å². The molecule has 18 heavy (non-hydrogen) atoms. The van der Waals surface area contributed by atoms with Gasteiger partial charge in [-0.2, -0.15) is 21.6 Å². The van der Waals surface area contributed by atoms with Crippen molar-refractivity contribution in [1.29, 1.82) is 0 Å². The average molecular weight is 352 g/mol. The first kappa shape index (κ1) is 24.1. The SMILES string of the molecule is FC(F)C(F)C(F)(F)F.NS(=O)(=O)N[SH](=O)=O.[KH]. The van der Waals surface area contributed by atoms with Crippen LogP contribution in [-0.4, -0.2) is 87.0 Å². The number of hydrogen-bond acceptors (Lipinski definition) is 4. The summed E-state index contributed by atoms with van der Waals surface area (Å²) in [5.74, 6) is 0. The number of halogens is 6.